The van der Waals surface area contributed by atoms with Gasteiger partial charge in [-0.3, -0.25) is 4.79 Å². The minimum Gasteiger partial charge on any atom is -0.288 e. The SMILES string of the molecule is O=C(c1cnc(C(F)(F)F)s1)c1cc(Cl)sc1Cl. The molecule has 2 aromatic rings. The first kappa shape index (κ1) is 13.8. The molecule has 2 nitrogen and oxygen atoms in total. The minimum absolute atomic E-state index is 0.0871. The lowest BCUT2D eigenvalue weighted by Crippen LogP contribution is -2.03. The molecule has 0 aromatic carbocycles. The van der Waals surface area contributed by atoms with Crippen molar-refractivity contribution in [3.05, 3.63) is 36.4 Å². The summed E-state index contributed by atoms with van der Waals surface area (Å²) in [5, 5.41) is -1.07. The third-order valence-corrected chi connectivity index (χ3v) is 4.40. The van der Waals surface area contributed by atoms with Crippen molar-refractivity contribution >= 4 is 51.7 Å². The van der Waals surface area contributed by atoms with E-state index in [2.05, 4.69) is 4.98 Å². The van der Waals surface area contributed by atoms with E-state index in [1.807, 2.05) is 0 Å². The van der Waals surface area contributed by atoms with E-state index in [1.165, 1.54) is 6.07 Å². The Morgan fingerprint density at radius 1 is 1.28 bits per heavy atom. The molecule has 2 heterocycles. The van der Waals surface area contributed by atoms with E-state index < -0.39 is 17.0 Å². The van der Waals surface area contributed by atoms with Crippen molar-refractivity contribution in [1.82, 2.24) is 4.98 Å². The number of nitrogens with zero attached hydrogens (tertiary/aromatic N) is 1. The number of carbonyl (C=O) groups is 1. The maximum Gasteiger partial charge on any atom is 0.443 e. The molecule has 0 saturated heterocycles. The summed E-state index contributed by atoms with van der Waals surface area (Å²) in [4.78, 5) is 14.9. The van der Waals surface area contributed by atoms with Crippen molar-refractivity contribution in [1.29, 1.82) is 0 Å². The van der Waals surface area contributed by atoms with Crippen LogP contribution in [0.25, 0.3) is 0 Å². The number of carbonyl (C=O) groups excluding carboxylic acids is 1. The standard InChI is InChI=1S/C9H2Cl2F3NOS2/c10-5-1-3(7(11)18-5)6(16)4-2-15-8(17-4)9(12,13)14/h1-2H. The summed E-state index contributed by atoms with van der Waals surface area (Å²) in [6, 6.07) is 1.32. The zero-order valence-electron chi connectivity index (χ0n) is 8.22. The summed E-state index contributed by atoms with van der Waals surface area (Å²) in [6.07, 6.45) is -3.67. The zero-order valence-corrected chi connectivity index (χ0v) is 11.4. The second kappa shape index (κ2) is 4.80. The van der Waals surface area contributed by atoms with Gasteiger partial charge >= 0.3 is 6.18 Å². The largest absolute Gasteiger partial charge is 0.443 e. The van der Waals surface area contributed by atoms with Gasteiger partial charge in [-0.2, -0.15) is 13.2 Å². The molecule has 0 aliphatic rings. The first-order chi connectivity index (χ1) is 8.29. The van der Waals surface area contributed by atoms with Gasteiger partial charge < -0.3 is 0 Å². The maximum absolute atomic E-state index is 12.3. The molecule has 0 unspecified atom stereocenters. The summed E-state index contributed by atoms with van der Waals surface area (Å²) in [7, 11) is 0. The van der Waals surface area contributed by atoms with Gasteiger partial charge in [-0.15, -0.1) is 22.7 Å². The molecule has 0 fully saturated rings. The van der Waals surface area contributed by atoms with Crippen LogP contribution in [-0.2, 0) is 6.18 Å². The molecular weight excluding hydrogens is 330 g/mol. The topological polar surface area (TPSA) is 30.0 Å². The quantitative estimate of drug-likeness (QED) is 0.742. The molecule has 0 radical (unpaired) electrons. The fraction of sp³-hybridized carbons (Fsp3) is 0.111. The molecule has 18 heavy (non-hydrogen) atoms. The fourth-order valence-electron chi connectivity index (χ4n) is 1.14. The molecule has 0 saturated carbocycles. The molecular formula is C9H2Cl2F3NOS2. The number of aromatic nitrogens is 1. The molecule has 2 aromatic heterocycles. The summed E-state index contributed by atoms with van der Waals surface area (Å²) in [5.74, 6) is -0.615. The zero-order chi connectivity index (χ0) is 13.5. The van der Waals surface area contributed by atoms with Crippen molar-refractivity contribution in [2.75, 3.05) is 0 Å². The molecule has 0 bridgehead atoms. The minimum atomic E-state index is -4.56. The Labute approximate surface area is 117 Å². The highest BCUT2D eigenvalue weighted by Crippen LogP contribution is 2.36. The number of hydrogen-bond acceptors (Lipinski definition) is 4. The Hall–Kier alpha value is -0.630. The van der Waals surface area contributed by atoms with Crippen LogP contribution in [0, 0.1) is 0 Å². The van der Waals surface area contributed by atoms with Crippen LogP contribution in [0.2, 0.25) is 8.67 Å². The Morgan fingerprint density at radius 3 is 2.39 bits per heavy atom. The summed E-state index contributed by atoms with van der Waals surface area (Å²) < 4.78 is 37.5. The van der Waals surface area contributed by atoms with Gasteiger partial charge in [0, 0.05) is 6.20 Å². The smallest absolute Gasteiger partial charge is 0.288 e. The molecule has 0 N–H and O–H groups in total. The van der Waals surface area contributed by atoms with Crippen LogP contribution in [-0.4, -0.2) is 10.8 Å². The van der Waals surface area contributed by atoms with Crippen LogP contribution in [0.5, 0.6) is 0 Å². The third-order valence-electron chi connectivity index (χ3n) is 1.87. The van der Waals surface area contributed by atoms with Gasteiger partial charge in [0.1, 0.15) is 4.34 Å². The molecule has 0 spiro atoms. The molecule has 9 heteroatoms. The van der Waals surface area contributed by atoms with Gasteiger partial charge in [-0.25, -0.2) is 4.98 Å². The van der Waals surface area contributed by atoms with E-state index in [-0.39, 0.29) is 26.1 Å². The van der Waals surface area contributed by atoms with Gasteiger partial charge in [-0.1, -0.05) is 23.2 Å². The van der Waals surface area contributed by atoms with Gasteiger partial charge in [0.25, 0.3) is 0 Å². The van der Waals surface area contributed by atoms with Gasteiger partial charge in [-0.05, 0) is 6.07 Å². The summed E-state index contributed by atoms with van der Waals surface area (Å²) >= 11 is 12.7. The van der Waals surface area contributed by atoms with Gasteiger partial charge in [0.05, 0.1) is 14.8 Å². The van der Waals surface area contributed by atoms with Crippen LogP contribution >= 0.6 is 45.9 Å². The van der Waals surface area contributed by atoms with Crippen LogP contribution in [0.4, 0.5) is 13.2 Å². The van der Waals surface area contributed by atoms with E-state index in [4.69, 9.17) is 23.2 Å². The van der Waals surface area contributed by atoms with E-state index in [9.17, 15) is 18.0 Å². The monoisotopic (exact) mass is 331 g/mol. The van der Waals surface area contributed by atoms with Crippen molar-refractivity contribution in [2.24, 2.45) is 0 Å². The number of halogens is 5. The van der Waals surface area contributed by atoms with Gasteiger partial charge in [0.15, 0.2) is 5.01 Å². The fourth-order valence-corrected chi connectivity index (χ4v) is 3.33. The predicted molar refractivity (Wildman–Crippen MR) is 64.9 cm³/mol. The lowest BCUT2D eigenvalue weighted by molar-refractivity contribution is -0.137. The number of hydrogen-bond donors (Lipinski definition) is 0. The number of alkyl halides is 3. The average Bonchev–Trinajstić information content (AvgIpc) is 2.83. The van der Waals surface area contributed by atoms with E-state index in [0.717, 1.165) is 17.5 Å². The summed E-state index contributed by atoms with van der Waals surface area (Å²) in [6.45, 7) is 0. The maximum atomic E-state index is 12.3. The van der Waals surface area contributed by atoms with Crippen LogP contribution in [0.3, 0.4) is 0 Å². The molecule has 0 aliphatic heterocycles. The first-order valence-electron chi connectivity index (χ1n) is 4.31. The molecule has 0 amide bonds. The number of thiazole rings is 1. The van der Waals surface area contributed by atoms with Crippen LogP contribution < -0.4 is 0 Å². The van der Waals surface area contributed by atoms with Crippen molar-refractivity contribution in [3.8, 4) is 0 Å². The van der Waals surface area contributed by atoms with Gasteiger partial charge in [0.2, 0.25) is 5.78 Å². The lowest BCUT2D eigenvalue weighted by Gasteiger charge is -1.98. The van der Waals surface area contributed by atoms with Crippen LogP contribution in [0.1, 0.15) is 20.2 Å². The average molecular weight is 332 g/mol. The summed E-state index contributed by atoms with van der Waals surface area (Å²) in [5.41, 5.74) is 0.0871. The Kier molecular flexibility index (Phi) is 3.68. The Balaban J connectivity index is 2.35. The van der Waals surface area contributed by atoms with Crippen molar-refractivity contribution < 1.29 is 18.0 Å². The predicted octanol–water partition coefficient (Wildman–Crippen LogP) is 4.76. The van der Waals surface area contributed by atoms with Crippen LogP contribution in [0.15, 0.2) is 12.3 Å². The molecule has 96 valence electrons. The molecule has 2 rings (SSSR count). The van der Waals surface area contributed by atoms with Crippen molar-refractivity contribution in [3.63, 3.8) is 0 Å². The van der Waals surface area contributed by atoms with E-state index in [0.29, 0.717) is 4.34 Å². The Morgan fingerprint density at radius 2 is 1.94 bits per heavy atom. The van der Waals surface area contributed by atoms with Crippen molar-refractivity contribution in [2.45, 2.75) is 6.18 Å². The lowest BCUT2D eigenvalue weighted by atomic mass is 10.2. The second-order valence-electron chi connectivity index (χ2n) is 3.09. The number of thiophene rings is 1. The molecule has 0 aliphatic carbocycles. The third kappa shape index (κ3) is 2.69. The van der Waals surface area contributed by atoms with E-state index >= 15 is 0 Å². The first-order valence-corrected chi connectivity index (χ1v) is 6.70. The normalized spacial score (nSPS) is 11.8. The second-order valence-corrected chi connectivity index (χ2v) is 6.41. The number of rotatable bonds is 2. The highest BCUT2D eigenvalue weighted by atomic mass is 35.5. The number of ketones is 1. The highest BCUT2D eigenvalue weighted by Gasteiger charge is 2.35. The van der Waals surface area contributed by atoms with E-state index in [1.54, 1.807) is 0 Å². The Bertz CT molecular complexity index is 605. The molecule has 0 atom stereocenters. The highest BCUT2D eigenvalue weighted by molar-refractivity contribution is 7.20.